The van der Waals surface area contributed by atoms with Crippen LogP contribution < -0.4 is 14.5 Å². The second-order valence-corrected chi connectivity index (χ2v) is 12.9. The summed E-state index contributed by atoms with van der Waals surface area (Å²) in [5, 5.41) is 0. The van der Waals surface area contributed by atoms with Crippen molar-refractivity contribution in [2.24, 2.45) is 0 Å². The number of hydrogen-bond donors (Lipinski definition) is 0. The summed E-state index contributed by atoms with van der Waals surface area (Å²) in [6.07, 6.45) is 0. The van der Waals surface area contributed by atoms with Crippen LogP contribution >= 0.6 is 0 Å². The number of carbonyl (C=O) groups is 1. The zero-order chi connectivity index (χ0) is 34.5. The minimum absolute atomic E-state index is 0.370. The molecule has 51 heavy (non-hydrogen) atoms. The van der Waals surface area contributed by atoms with E-state index in [-0.39, 0.29) is 5.97 Å². The number of para-hydroxylation sites is 5. The third kappa shape index (κ3) is 4.73. The number of nitrogens with zero attached hydrogens (tertiary/aromatic N) is 2. The van der Waals surface area contributed by atoms with E-state index in [9.17, 15) is 4.79 Å². The lowest BCUT2D eigenvalue weighted by molar-refractivity contribution is 0.0226. The minimum Gasteiger partial charge on any atom is -0.456 e. The number of anilines is 6. The van der Waals surface area contributed by atoms with Crippen LogP contribution in [-0.2, 0) is 10.3 Å². The Morgan fingerprint density at radius 3 is 1.67 bits per heavy atom. The maximum absolute atomic E-state index is 14.1. The Kier molecular flexibility index (Phi) is 7.21. The van der Waals surface area contributed by atoms with Crippen LogP contribution in [0.1, 0.15) is 38.2 Å². The summed E-state index contributed by atoms with van der Waals surface area (Å²) in [6, 6.07) is 57.4. The van der Waals surface area contributed by atoms with Gasteiger partial charge in [-0.1, -0.05) is 109 Å². The van der Waals surface area contributed by atoms with Gasteiger partial charge in [0.1, 0.15) is 11.5 Å². The lowest BCUT2D eigenvalue weighted by Crippen LogP contribution is -2.35. The van der Waals surface area contributed by atoms with Crippen LogP contribution in [-0.4, -0.2) is 5.97 Å². The number of ether oxygens (including phenoxy) is 2. The fourth-order valence-corrected chi connectivity index (χ4v) is 7.68. The van der Waals surface area contributed by atoms with Crippen molar-refractivity contribution in [3.8, 4) is 11.5 Å². The summed E-state index contributed by atoms with van der Waals surface area (Å²) in [5.41, 5.74) is 9.40. The molecule has 2 heterocycles. The lowest BCUT2D eigenvalue weighted by Gasteiger charge is -2.42. The van der Waals surface area contributed by atoms with Crippen molar-refractivity contribution in [2.45, 2.75) is 19.4 Å². The molecular formula is C46H34N2O3. The number of aryl methyl sites for hydroxylation is 2. The Bertz CT molecular complexity index is 2440. The first-order chi connectivity index (χ1) is 25.1. The third-order valence-electron chi connectivity index (χ3n) is 9.93. The SMILES string of the molecule is Cc1ccccc1N(c1ccccc1)c1ccc2c(c1N(c1ccccc1)c1ccccc1C)C1(OC(=O)c3ccccc31)c1ccccc1O2. The number of rotatable bonds is 6. The molecule has 0 radical (unpaired) electrons. The van der Waals surface area contributed by atoms with Crippen LogP contribution in [0.4, 0.5) is 34.1 Å². The van der Waals surface area contributed by atoms with E-state index in [0.29, 0.717) is 17.1 Å². The maximum Gasteiger partial charge on any atom is 0.340 e. The molecule has 1 atom stereocenters. The van der Waals surface area contributed by atoms with E-state index in [1.807, 2.05) is 66.7 Å². The maximum atomic E-state index is 14.1. The molecule has 246 valence electrons. The number of carbonyl (C=O) groups excluding carboxylic acids is 1. The Labute approximate surface area is 297 Å². The standard InChI is InChI=1S/C46H34N2O3/c1-31-17-9-14-26-38(31)47(33-19-5-3-6-20-33)40-29-30-42-43(44(40)48(34-21-7-4-8-22-34)39-27-15-10-18-32(39)2)46(37-25-13-16-28-41(37)50-42)36-24-12-11-23-35(36)45(49)51-46/h3-30H,1-2H3. The zero-order valence-electron chi connectivity index (χ0n) is 28.3. The van der Waals surface area contributed by atoms with E-state index in [1.165, 1.54) is 0 Å². The van der Waals surface area contributed by atoms with Gasteiger partial charge < -0.3 is 19.3 Å². The van der Waals surface area contributed by atoms with Gasteiger partial charge in [0.2, 0.25) is 0 Å². The van der Waals surface area contributed by atoms with Crippen LogP contribution in [0.15, 0.2) is 170 Å². The van der Waals surface area contributed by atoms with Crippen LogP contribution in [0.2, 0.25) is 0 Å². The van der Waals surface area contributed by atoms with Gasteiger partial charge in [0.25, 0.3) is 0 Å². The molecule has 0 amide bonds. The van der Waals surface area contributed by atoms with Gasteiger partial charge in [-0.15, -0.1) is 0 Å². The first-order valence-electron chi connectivity index (χ1n) is 17.2. The molecular weight excluding hydrogens is 629 g/mol. The topological polar surface area (TPSA) is 42.0 Å². The van der Waals surface area contributed by atoms with Crippen LogP contribution in [0.5, 0.6) is 11.5 Å². The summed E-state index contributed by atoms with van der Waals surface area (Å²) >= 11 is 0. The van der Waals surface area contributed by atoms with Crippen molar-refractivity contribution in [1.82, 2.24) is 0 Å². The van der Waals surface area contributed by atoms with E-state index in [2.05, 4.69) is 127 Å². The highest BCUT2D eigenvalue weighted by Gasteiger charge is 2.56. The second-order valence-electron chi connectivity index (χ2n) is 12.9. The number of esters is 1. The van der Waals surface area contributed by atoms with E-state index in [1.54, 1.807) is 0 Å². The highest BCUT2D eigenvalue weighted by Crippen LogP contribution is 2.62. The van der Waals surface area contributed by atoms with Gasteiger partial charge in [0.15, 0.2) is 5.60 Å². The number of benzene rings is 7. The average Bonchev–Trinajstić information content (AvgIpc) is 3.47. The van der Waals surface area contributed by atoms with Crippen molar-refractivity contribution in [1.29, 1.82) is 0 Å². The summed E-state index contributed by atoms with van der Waals surface area (Å²) in [5.74, 6) is 0.893. The van der Waals surface area contributed by atoms with Gasteiger partial charge in [-0.2, -0.15) is 0 Å². The summed E-state index contributed by atoms with van der Waals surface area (Å²) in [6.45, 7) is 4.26. The molecule has 5 nitrogen and oxygen atoms in total. The molecule has 0 bridgehead atoms. The Morgan fingerprint density at radius 2 is 1.00 bits per heavy atom. The molecule has 0 N–H and O–H groups in total. The average molecular weight is 663 g/mol. The molecule has 0 aliphatic carbocycles. The van der Waals surface area contributed by atoms with Gasteiger partial charge in [-0.25, -0.2) is 4.79 Å². The molecule has 0 saturated carbocycles. The molecule has 1 spiro atoms. The first kappa shape index (κ1) is 30.5. The first-order valence-corrected chi connectivity index (χ1v) is 17.2. The van der Waals surface area contributed by atoms with Gasteiger partial charge in [0, 0.05) is 33.9 Å². The van der Waals surface area contributed by atoms with Crippen molar-refractivity contribution >= 4 is 40.1 Å². The van der Waals surface area contributed by atoms with Gasteiger partial charge in [-0.3, -0.25) is 0 Å². The highest BCUT2D eigenvalue weighted by atomic mass is 16.6. The Hall–Kier alpha value is -6.59. The van der Waals surface area contributed by atoms with E-state index >= 15 is 0 Å². The zero-order valence-corrected chi connectivity index (χ0v) is 28.3. The van der Waals surface area contributed by atoms with Gasteiger partial charge in [0.05, 0.1) is 22.5 Å². The normalized spacial score (nSPS) is 15.3. The molecule has 1 unspecified atom stereocenters. The molecule has 9 rings (SSSR count). The minimum atomic E-state index is -1.31. The fourth-order valence-electron chi connectivity index (χ4n) is 7.68. The van der Waals surface area contributed by atoms with Crippen molar-refractivity contribution in [3.05, 3.63) is 203 Å². The van der Waals surface area contributed by atoms with Crippen molar-refractivity contribution in [3.63, 3.8) is 0 Å². The number of fused-ring (bicyclic) bond motifs is 6. The van der Waals surface area contributed by atoms with Crippen molar-refractivity contribution < 1.29 is 14.3 Å². The monoisotopic (exact) mass is 662 g/mol. The highest BCUT2D eigenvalue weighted by molar-refractivity contribution is 6.01. The lowest BCUT2D eigenvalue weighted by atomic mass is 9.76. The Morgan fingerprint density at radius 1 is 0.471 bits per heavy atom. The fraction of sp³-hybridized carbons (Fsp3) is 0.0652. The predicted molar refractivity (Wildman–Crippen MR) is 204 cm³/mol. The smallest absolute Gasteiger partial charge is 0.340 e. The summed E-state index contributed by atoms with van der Waals surface area (Å²) < 4.78 is 13.7. The Balaban J connectivity index is 1.49. The van der Waals surface area contributed by atoms with Crippen LogP contribution in [0.25, 0.3) is 0 Å². The molecule has 2 aliphatic rings. The van der Waals surface area contributed by atoms with E-state index in [4.69, 9.17) is 9.47 Å². The molecule has 0 saturated heterocycles. The summed E-state index contributed by atoms with van der Waals surface area (Å²) in [4.78, 5) is 18.7. The largest absolute Gasteiger partial charge is 0.456 e. The quantitative estimate of drug-likeness (QED) is 0.166. The number of hydrogen-bond acceptors (Lipinski definition) is 5. The van der Waals surface area contributed by atoms with Crippen LogP contribution in [0.3, 0.4) is 0 Å². The molecule has 2 aliphatic heterocycles. The summed E-state index contributed by atoms with van der Waals surface area (Å²) in [7, 11) is 0. The molecule has 7 aromatic carbocycles. The second kappa shape index (κ2) is 12.1. The van der Waals surface area contributed by atoms with E-state index < -0.39 is 5.60 Å². The predicted octanol–water partition coefficient (Wildman–Crippen LogP) is 11.8. The van der Waals surface area contributed by atoms with E-state index in [0.717, 1.165) is 61.9 Å². The molecule has 0 fully saturated rings. The van der Waals surface area contributed by atoms with Gasteiger partial charge >= 0.3 is 5.97 Å². The molecule has 7 aromatic rings. The molecule has 5 heteroatoms. The van der Waals surface area contributed by atoms with Crippen LogP contribution in [0, 0.1) is 13.8 Å². The van der Waals surface area contributed by atoms with Gasteiger partial charge in [-0.05, 0) is 85.6 Å². The van der Waals surface area contributed by atoms with Crippen molar-refractivity contribution in [2.75, 3.05) is 9.80 Å². The molecule has 0 aromatic heterocycles. The third-order valence-corrected chi connectivity index (χ3v) is 9.93.